The van der Waals surface area contributed by atoms with E-state index in [1.807, 2.05) is 0 Å². The van der Waals surface area contributed by atoms with Gasteiger partial charge < -0.3 is 9.84 Å². The molecule has 0 spiro atoms. The number of carbonyl (C=O) groups is 2. The van der Waals surface area contributed by atoms with E-state index in [2.05, 4.69) is 0 Å². The quantitative estimate of drug-likeness (QED) is 0.732. The maximum atomic E-state index is 13.4. The van der Waals surface area contributed by atoms with Gasteiger partial charge in [-0.3, -0.25) is 9.59 Å². The number of ether oxygens (including phenoxy) is 1. The van der Waals surface area contributed by atoms with E-state index in [4.69, 9.17) is 16.3 Å². The first kappa shape index (κ1) is 18.7. The minimum Gasteiger partial charge on any atom is -0.390 e. The number of amides is 2. The van der Waals surface area contributed by atoms with Crippen LogP contribution in [0.3, 0.4) is 0 Å². The van der Waals surface area contributed by atoms with Crippen molar-refractivity contribution in [3.63, 3.8) is 0 Å². The number of aliphatic hydroxyl groups is 1. The van der Waals surface area contributed by atoms with Crippen molar-refractivity contribution in [3.8, 4) is 0 Å². The molecule has 2 unspecified atom stereocenters. The van der Waals surface area contributed by atoms with Gasteiger partial charge in [0.25, 0.3) is 0 Å². The number of fused-ring (bicyclic) bond motifs is 5. The highest BCUT2D eigenvalue weighted by Crippen LogP contribution is 2.61. The molecule has 0 aliphatic carbocycles. The number of hydrogen-bond donors (Lipinski definition) is 1. The Morgan fingerprint density at radius 1 is 1.22 bits per heavy atom. The molecule has 146 valence electrons. The van der Waals surface area contributed by atoms with Gasteiger partial charge in [-0.1, -0.05) is 11.6 Å². The molecule has 3 aliphatic heterocycles. The van der Waals surface area contributed by atoms with Crippen molar-refractivity contribution in [3.05, 3.63) is 28.3 Å². The lowest BCUT2D eigenvalue weighted by atomic mass is 9.67. The number of carbonyl (C=O) groups excluding carboxylic acids is 2. The lowest BCUT2D eigenvalue weighted by Crippen LogP contribution is -2.49. The van der Waals surface area contributed by atoms with Crippen LogP contribution in [0.5, 0.6) is 0 Å². The van der Waals surface area contributed by atoms with Gasteiger partial charge in [0.15, 0.2) is 0 Å². The van der Waals surface area contributed by atoms with Crippen molar-refractivity contribution in [2.45, 2.75) is 50.7 Å². The largest absolute Gasteiger partial charge is 0.418 e. The second kappa shape index (κ2) is 5.24. The number of rotatable bonds is 1. The molecule has 2 bridgehead atoms. The number of imide groups is 1. The maximum absolute atomic E-state index is 13.4. The third-order valence-corrected chi connectivity index (χ3v) is 6.52. The van der Waals surface area contributed by atoms with E-state index in [1.165, 1.54) is 13.0 Å². The average Bonchev–Trinajstić information content (AvgIpc) is 3.01. The fourth-order valence-electron chi connectivity index (χ4n) is 5.02. The molecule has 0 saturated carbocycles. The zero-order valence-corrected chi connectivity index (χ0v) is 15.5. The molecule has 0 aromatic heterocycles. The van der Waals surface area contributed by atoms with Crippen LogP contribution >= 0.6 is 11.6 Å². The molecule has 3 heterocycles. The molecule has 5 nitrogen and oxygen atoms in total. The summed E-state index contributed by atoms with van der Waals surface area (Å²) in [6.45, 7) is 4.40. The molecule has 3 aliphatic rings. The Labute approximate surface area is 158 Å². The number of anilines is 1. The van der Waals surface area contributed by atoms with E-state index in [1.54, 1.807) is 13.8 Å². The van der Waals surface area contributed by atoms with Crippen molar-refractivity contribution in [1.29, 1.82) is 0 Å². The fraction of sp³-hybridized carbons (Fsp3) is 0.556. The number of hydrogen-bond acceptors (Lipinski definition) is 4. The molecule has 1 N–H and O–H groups in total. The lowest BCUT2D eigenvalue weighted by molar-refractivity contribution is -0.138. The van der Waals surface area contributed by atoms with Gasteiger partial charge in [-0.2, -0.15) is 13.2 Å². The van der Waals surface area contributed by atoms with E-state index < -0.39 is 57.7 Å². The summed E-state index contributed by atoms with van der Waals surface area (Å²) in [5.41, 5.74) is -3.78. The van der Waals surface area contributed by atoms with Crippen LogP contribution in [-0.4, -0.2) is 34.2 Å². The molecule has 1 aromatic rings. The molecule has 9 heteroatoms. The number of halogens is 4. The van der Waals surface area contributed by atoms with Gasteiger partial charge in [-0.25, -0.2) is 4.90 Å². The van der Waals surface area contributed by atoms with Gasteiger partial charge in [0, 0.05) is 6.42 Å². The van der Waals surface area contributed by atoms with Gasteiger partial charge in [-0.15, -0.1) is 0 Å². The highest BCUT2D eigenvalue weighted by atomic mass is 35.5. The first-order valence-corrected chi connectivity index (χ1v) is 8.83. The highest BCUT2D eigenvalue weighted by Gasteiger charge is 2.75. The standard InChI is InChI=1S/C18H17ClF3NO4/c1-7-9(5-4-8(19)11(7)18(20,21)22)23-14(25)12-13(15(23)26)17(3)10(24)6-16(12,2)27-17/h4-5,10,12-13,24H,6H2,1-3H3/t10-,12+,13-,16?,17?/m1/s1. The van der Waals surface area contributed by atoms with Crippen molar-refractivity contribution < 1.29 is 32.6 Å². The summed E-state index contributed by atoms with van der Waals surface area (Å²) in [5.74, 6) is -3.05. The monoisotopic (exact) mass is 403 g/mol. The molecule has 0 radical (unpaired) electrons. The zero-order valence-electron chi connectivity index (χ0n) is 14.7. The third kappa shape index (κ3) is 2.20. The number of benzene rings is 1. The SMILES string of the molecule is Cc1c(N2C(=O)[C@@H]3[C@H](C2=O)C2(C)OC3(C)C[C@H]2O)ccc(Cl)c1C(F)(F)F. The molecule has 2 amide bonds. The Bertz CT molecular complexity index is 888. The van der Waals surface area contributed by atoms with Gasteiger partial charge in [-0.05, 0) is 38.5 Å². The second-order valence-electron chi connectivity index (χ2n) is 7.85. The molecule has 27 heavy (non-hydrogen) atoms. The van der Waals surface area contributed by atoms with E-state index >= 15 is 0 Å². The van der Waals surface area contributed by atoms with E-state index in [0.717, 1.165) is 11.0 Å². The Morgan fingerprint density at radius 3 is 2.41 bits per heavy atom. The fourth-order valence-corrected chi connectivity index (χ4v) is 5.33. The minimum atomic E-state index is -4.73. The first-order valence-electron chi connectivity index (χ1n) is 8.45. The number of alkyl halides is 3. The topological polar surface area (TPSA) is 66.8 Å². The summed E-state index contributed by atoms with van der Waals surface area (Å²) >= 11 is 5.72. The molecule has 3 saturated heterocycles. The van der Waals surface area contributed by atoms with Gasteiger partial charge in [0.05, 0.1) is 39.8 Å². The third-order valence-electron chi connectivity index (χ3n) is 6.20. The zero-order chi connectivity index (χ0) is 20.1. The van der Waals surface area contributed by atoms with Crippen LogP contribution in [-0.2, 0) is 20.5 Å². The Hall–Kier alpha value is -1.64. The van der Waals surface area contributed by atoms with Crippen LogP contribution < -0.4 is 4.90 Å². The van der Waals surface area contributed by atoms with E-state index in [0.29, 0.717) is 0 Å². The second-order valence-corrected chi connectivity index (χ2v) is 8.26. The van der Waals surface area contributed by atoms with Crippen molar-refractivity contribution in [2.75, 3.05) is 4.90 Å². The normalized spacial score (nSPS) is 38.1. The van der Waals surface area contributed by atoms with E-state index in [9.17, 15) is 27.9 Å². The number of aliphatic hydroxyl groups excluding tert-OH is 1. The van der Waals surface area contributed by atoms with Gasteiger partial charge in [0.1, 0.15) is 5.60 Å². The molecule has 4 rings (SSSR count). The Morgan fingerprint density at radius 2 is 1.81 bits per heavy atom. The Balaban J connectivity index is 1.85. The molecule has 5 atom stereocenters. The van der Waals surface area contributed by atoms with Gasteiger partial charge >= 0.3 is 6.18 Å². The predicted molar refractivity (Wildman–Crippen MR) is 89.2 cm³/mol. The molecular formula is C18H17ClF3NO4. The first-order chi connectivity index (χ1) is 12.3. The summed E-state index contributed by atoms with van der Waals surface area (Å²) in [4.78, 5) is 26.9. The van der Waals surface area contributed by atoms with Crippen LogP contribution in [0.4, 0.5) is 18.9 Å². The minimum absolute atomic E-state index is 0.141. The summed E-state index contributed by atoms with van der Waals surface area (Å²) in [6.07, 6.45) is -5.47. The van der Waals surface area contributed by atoms with E-state index in [-0.39, 0.29) is 17.7 Å². The Kier molecular flexibility index (Phi) is 3.63. The molecular weight excluding hydrogens is 387 g/mol. The van der Waals surface area contributed by atoms with Crippen LogP contribution in [0, 0.1) is 18.8 Å². The number of nitrogens with zero attached hydrogens (tertiary/aromatic N) is 1. The van der Waals surface area contributed by atoms with Crippen LogP contribution in [0.2, 0.25) is 5.02 Å². The predicted octanol–water partition coefficient (Wildman–Crippen LogP) is 3.09. The highest BCUT2D eigenvalue weighted by molar-refractivity contribution is 6.32. The van der Waals surface area contributed by atoms with Crippen LogP contribution in [0.25, 0.3) is 0 Å². The lowest BCUT2D eigenvalue weighted by Gasteiger charge is -2.31. The smallest absolute Gasteiger partial charge is 0.390 e. The van der Waals surface area contributed by atoms with Crippen molar-refractivity contribution >= 4 is 29.1 Å². The summed E-state index contributed by atoms with van der Waals surface area (Å²) in [5, 5.41) is 9.82. The maximum Gasteiger partial charge on any atom is 0.418 e. The van der Waals surface area contributed by atoms with Crippen LogP contribution in [0.1, 0.15) is 31.4 Å². The summed E-state index contributed by atoms with van der Waals surface area (Å²) < 4.78 is 46.0. The molecule has 1 aromatic carbocycles. The summed E-state index contributed by atoms with van der Waals surface area (Å²) in [6, 6.07) is 2.28. The van der Waals surface area contributed by atoms with Gasteiger partial charge in [0.2, 0.25) is 11.8 Å². The summed E-state index contributed by atoms with van der Waals surface area (Å²) in [7, 11) is 0. The van der Waals surface area contributed by atoms with Crippen molar-refractivity contribution in [1.82, 2.24) is 0 Å². The van der Waals surface area contributed by atoms with Crippen LogP contribution in [0.15, 0.2) is 12.1 Å². The molecule has 3 fully saturated rings. The van der Waals surface area contributed by atoms with Crippen molar-refractivity contribution in [2.24, 2.45) is 11.8 Å². The average molecular weight is 404 g/mol.